The van der Waals surface area contributed by atoms with Crippen LogP contribution >= 0.6 is 23.2 Å². The minimum absolute atomic E-state index is 0.0929. The molecule has 0 aromatic carbocycles. The quantitative estimate of drug-likeness (QED) is 0.618. The zero-order valence-corrected chi connectivity index (χ0v) is 13.4. The summed E-state index contributed by atoms with van der Waals surface area (Å²) in [7, 11) is 1.79. The Hall–Kier alpha value is -1.60. The number of hydrogen-bond acceptors (Lipinski definition) is 5. The molecule has 114 valence electrons. The topological polar surface area (TPSA) is 74.8 Å². The van der Waals surface area contributed by atoms with Crippen molar-refractivity contribution in [3.8, 4) is 0 Å². The van der Waals surface area contributed by atoms with Crippen LogP contribution in [-0.2, 0) is 24.2 Å². The Labute approximate surface area is 131 Å². The number of carbonyl (C=O) groups excluding carboxylic acids is 1. The Morgan fingerprint density at radius 1 is 1.38 bits per heavy atom. The summed E-state index contributed by atoms with van der Waals surface area (Å²) in [5.41, 5.74) is 2.11. The van der Waals surface area contributed by atoms with Gasteiger partial charge in [-0.15, -0.1) is 16.7 Å². The molecule has 9 heteroatoms. The zero-order chi connectivity index (χ0) is 15.6. The highest BCUT2D eigenvalue weighted by molar-refractivity contribution is 6.31. The molecule has 0 spiro atoms. The molecule has 0 radical (unpaired) electrons. The van der Waals surface area contributed by atoms with Crippen LogP contribution in [0.2, 0.25) is 5.02 Å². The van der Waals surface area contributed by atoms with E-state index in [0.717, 1.165) is 11.4 Å². The van der Waals surface area contributed by atoms with E-state index >= 15 is 0 Å². The summed E-state index contributed by atoms with van der Waals surface area (Å²) in [5, 5.41) is 12.6. The van der Waals surface area contributed by atoms with E-state index in [9.17, 15) is 4.79 Å². The van der Waals surface area contributed by atoms with Crippen molar-refractivity contribution in [1.29, 1.82) is 0 Å². The average molecular weight is 332 g/mol. The monoisotopic (exact) mass is 331 g/mol. The number of alkyl halides is 1. The lowest BCUT2D eigenvalue weighted by atomic mass is 10.3. The standard InChI is InChI=1S/C12H15Cl2N5O2/c1-4-21-12(20)11-8(5-13)19(17-15-11)6-9-10(14)7(2)16-18(9)3/h4-6H2,1-3H3. The number of carbonyl (C=O) groups is 1. The van der Waals surface area contributed by atoms with Gasteiger partial charge >= 0.3 is 5.97 Å². The number of nitrogens with zero attached hydrogens (tertiary/aromatic N) is 5. The lowest BCUT2D eigenvalue weighted by Gasteiger charge is -2.06. The molecule has 0 atom stereocenters. The summed E-state index contributed by atoms with van der Waals surface area (Å²) in [4.78, 5) is 11.8. The zero-order valence-electron chi connectivity index (χ0n) is 11.9. The molecule has 21 heavy (non-hydrogen) atoms. The second-order valence-electron chi connectivity index (χ2n) is 4.37. The van der Waals surface area contributed by atoms with Crippen molar-refractivity contribution in [1.82, 2.24) is 24.8 Å². The van der Waals surface area contributed by atoms with Crippen LogP contribution in [0.25, 0.3) is 0 Å². The molecule has 0 bridgehead atoms. The normalized spacial score (nSPS) is 10.9. The molecule has 7 nitrogen and oxygen atoms in total. The molecule has 0 unspecified atom stereocenters. The number of halogens is 2. The number of hydrogen-bond donors (Lipinski definition) is 0. The summed E-state index contributed by atoms with van der Waals surface area (Å²) in [5.74, 6) is -0.443. The molecule has 0 N–H and O–H groups in total. The molecule has 2 heterocycles. The van der Waals surface area contributed by atoms with Crippen LogP contribution in [0.4, 0.5) is 0 Å². The van der Waals surface area contributed by atoms with Gasteiger partial charge in [-0.3, -0.25) is 4.68 Å². The van der Waals surface area contributed by atoms with Gasteiger partial charge in [-0.2, -0.15) is 5.10 Å². The van der Waals surface area contributed by atoms with Gasteiger partial charge in [0.25, 0.3) is 0 Å². The van der Waals surface area contributed by atoms with E-state index in [1.54, 1.807) is 18.7 Å². The Morgan fingerprint density at radius 2 is 2.10 bits per heavy atom. The first-order chi connectivity index (χ1) is 9.99. The molecule has 2 rings (SSSR count). The van der Waals surface area contributed by atoms with Gasteiger partial charge in [0.1, 0.15) is 0 Å². The van der Waals surface area contributed by atoms with Gasteiger partial charge in [0.05, 0.1) is 41.1 Å². The van der Waals surface area contributed by atoms with Crippen LogP contribution in [0.3, 0.4) is 0 Å². The predicted octanol–water partition coefficient (Wildman–Crippen LogP) is 1.94. The van der Waals surface area contributed by atoms with Crippen molar-refractivity contribution in [2.75, 3.05) is 6.61 Å². The maximum absolute atomic E-state index is 11.8. The highest BCUT2D eigenvalue weighted by atomic mass is 35.5. The summed E-state index contributed by atoms with van der Waals surface area (Å²) >= 11 is 12.1. The minimum Gasteiger partial charge on any atom is -0.461 e. The molecular weight excluding hydrogens is 317 g/mol. The third-order valence-corrected chi connectivity index (χ3v) is 3.74. The maximum atomic E-state index is 11.8. The van der Waals surface area contributed by atoms with Crippen LogP contribution in [0.15, 0.2) is 0 Å². The molecule has 0 aliphatic heterocycles. The fraction of sp³-hybridized carbons (Fsp3) is 0.500. The maximum Gasteiger partial charge on any atom is 0.360 e. The van der Waals surface area contributed by atoms with E-state index in [2.05, 4.69) is 15.4 Å². The van der Waals surface area contributed by atoms with Gasteiger partial charge in [-0.05, 0) is 13.8 Å². The minimum atomic E-state index is -0.535. The summed E-state index contributed by atoms with van der Waals surface area (Å²) in [6.07, 6.45) is 0. The first-order valence-corrected chi connectivity index (χ1v) is 7.24. The van der Waals surface area contributed by atoms with Crippen LogP contribution in [0, 0.1) is 6.92 Å². The van der Waals surface area contributed by atoms with E-state index in [1.165, 1.54) is 4.68 Å². The van der Waals surface area contributed by atoms with E-state index < -0.39 is 5.97 Å². The summed E-state index contributed by atoms with van der Waals surface area (Å²) in [6, 6.07) is 0. The van der Waals surface area contributed by atoms with Crippen molar-refractivity contribution in [2.45, 2.75) is 26.3 Å². The van der Waals surface area contributed by atoms with E-state index in [0.29, 0.717) is 17.3 Å². The Morgan fingerprint density at radius 3 is 2.62 bits per heavy atom. The molecule has 0 saturated heterocycles. The van der Waals surface area contributed by atoms with Gasteiger partial charge < -0.3 is 4.74 Å². The third-order valence-electron chi connectivity index (χ3n) is 2.99. The van der Waals surface area contributed by atoms with Crippen LogP contribution in [0.5, 0.6) is 0 Å². The lowest BCUT2D eigenvalue weighted by molar-refractivity contribution is 0.0518. The molecule has 0 fully saturated rings. The lowest BCUT2D eigenvalue weighted by Crippen LogP contribution is -2.12. The molecular formula is C12H15Cl2N5O2. The van der Waals surface area contributed by atoms with E-state index in [4.69, 9.17) is 27.9 Å². The van der Waals surface area contributed by atoms with Crippen molar-refractivity contribution >= 4 is 29.2 Å². The third kappa shape index (κ3) is 3.03. The van der Waals surface area contributed by atoms with Gasteiger partial charge in [-0.25, -0.2) is 9.48 Å². The summed E-state index contributed by atoms with van der Waals surface area (Å²) in [6.45, 7) is 4.13. The molecule has 0 amide bonds. The predicted molar refractivity (Wildman–Crippen MR) is 77.6 cm³/mol. The highest BCUT2D eigenvalue weighted by Crippen LogP contribution is 2.21. The van der Waals surface area contributed by atoms with Gasteiger partial charge in [-0.1, -0.05) is 16.8 Å². The second kappa shape index (κ2) is 6.44. The fourth-order valence-corrected chi connectivity index (χ4v) is 2.43. The number of rotatable bonds is 5. The average Bonchev–Trinajstić information content (AvgIpc) is 2.95. The Balaban J connectivity index is 2.35. The van der Waals surface area contributed by atoms with Crippen molar-refractivity contribution in [3.63, 3.8) is 0 Å². The molecule has 0 aliphatic rings. The summed E-state index contributed by atoms with van der Waals surface area (Å²) < 4.78 is 8.13. The van der Waals surface area contributed by atoms with E-state index in [1.807, 2.05) is 6.92 Å². The molecule has 2 aromatic rings. The van der Waals surface area contributed by atoms with Crippen LogP contribution < -0.4 is 0 Å². The molecule has 0 aliphatic carbocycles. The number of aromatic nitrogens is 5. The Kier molecular flexibility index (Phi) is 4.84. The van der Waals surface area contributed by atoms with Crippen molar-refractivity contribution < 1.29 is 9.53 Å². The fourth-order valence-electron chi connectivity index (χ4n) is 1.94. The number of ether oxygens (including phenoxy) is 1. The largest absolute Gasteiger partial charge is 0.461 e. The number of aryl methyl sites for hydroxylation is 2. The van der Waals surface area contributed by atoms with Gasteiger partial charge in [0, 0.05) is 7.05 Å². The first kappa shape index (κ1) is 15.8. The second-order valence-corrected chi connectivity index (χ2v) is 5.01. The SMILES string of the molecule is CCOC(=O)c1nnn(Cc2c(Cl)c(C)nn2C)c1CCl. The smallest absolute Gasteiger partial charge is 0.360 e. The number of esters is 1. The highest BCUT2D eigenvalue weighted by Gasteiger charge is 2.22. The van der Waals surface area contributed by atoms with Gasteiger partial charge in [0.15, 0.2) is 5.69 Å². The van der Waals surface area contributed by atoms with Crippen molar-refractivity contribution in [3.05, 3.63) is 27.8 Å². The van der Waals surface area contributed by atoms with E-state index in [-0.39, 0.29) is 18.2 Å². The van der Waals surface area contributed by atoms with Gasteiger partial charge in [0.2, 0.25) is 0 Å². The van der Waals surface area contributed by atoms with Crippen molar-refractivity contribution in [2.24, 2.45) is 7.05 Å². The Bertz CT molecular complexity index is 665. The molecule has 2 aromatic heterocycles. The van der Waals surface area contributed by atoms with Crippen LogP contribution in [-0.4, -0.2) is 37.4 Å². The first-order valence-electron chi connectivity index (χ1n) is 6.33. The molecule has 0 saturated carbocycles. The van der Waals surface area contributed by atoms with Crippen LogP contribution in [0.1, 0.15) is 34.5 Å².